The summed E-state index contributed by atoms with van der Waals surface area (Å²) in [5.41, 5.74) is 4.12. The number of nitrogens with zero attached hydrogens (tertiary/aromatic N) is 4. The molecule has 0 unspecified atom stereocenters. The minimum Gasteiger partial charge on any atom is -0.361 e. The first kappa shape index (κ1) is 17.4. The molecule has 2 aliphatic heterocycles. The van der Waals surface area contributed by atoms with Gasteiger partial charge in [0.05, 0.1) is 30.9 Å². The molecular formula is C21H24FN5O. The fraction of sp³-hybridized carbons (Fsp3) is 0.429. The minimum absolute atomic E-state index is 0.138. The highest BCUT2D eigenvalue weighted by Gasteiger charge is 2.25. The number of hydrogen-bond donors (Lipinski definition) is 1. The number of aromatic nitrogens is 3. The first-order chi connectivity index (χ1) is 13.7. The molecule has 146 valence electrons. The van der Waals surface area contributed by atoms with Crippen molar-refractivity contribution in [3.05, 3.63) is 53.5 Å². The largest absolute Gasteiger partial charge is 0.361 e. The maximum absolute atomic E-state index is 13.4. The predicted octanol–water partition coefficient (Wildman–Crippen LogP) is 2.49. The number of halogens is 1. The third kappa shape index (κ3) is 3.30. The number of amides is 1. The molecule has 0 radical (unpaired) electrons. The van der Waals surface area contributed by atoms with E-state index in [1.165, 1.54) is 0 Å². The van der Waals surface area contributed by atoms with Gasteiger partial charge < -0.3 is 9.88 Å². The number of nitrogens with one attached hydrogen (secondary N) is 1. The van der Waals surface area contributed by atoms with Gasteiger partial charge in [-0.2, -0.15) is 5.10 Å². The number of aromatic amines is 1. The summed E-state index contributed by atoms with van der Waals surface area (Å²) in [5, 5.41) is 5.77. The average molecular weight is 381 g/mol. The number of H-pyrrole nitrogens is 1. The smallest absolute Gasteiger partial charge is 0.227 e. The molecule has 28 heavy (non-hydrogen) atoms. The molecule has 1 amide bonds. The maximum atomic E-state index is 13.4. The lowest BCUT2D eigenvalue weighted by Crippen LogP contribution is -2.39. The summed E-state index contributed by atoms with van der Waals surface area (Å²) < 4.78 is 15.4. The number of alkyl halides is 1. The van der Waals surface area contributed by atoms with Gasteiger partial charge >= 0.3 is 0 Å². The lowest BCUT2D eigenvalue weighted by molar-refractivity contribution is -0.131. The number of rotatable bonds is 4. The van der Waals surface area contributed by atoms with E-state index in [1.807, 2.05) is 40.0 Å². The Bertz CT molecular complexity index is 1010. The van der Waals surface area contributed by atoms with Gasteiger partial charge in [0.1, 0.15) is 6.17 Å². The molecule has 7 heteroatoms. The second-order valence-electron chi connectivity index (χ2n) is 7.82. The fourth-order valence-electron chi connectivity index (χ4n) is 4.33. The van der Waals surface area contributed by atoms with Crippen LogP contribution in [0.15, 0.2) is 36.5 Å². The molecule has 4 heterocycles. The molecule has 1 atom stereocenters. The van der Waals surface area contributed by atoms with E-state index < -0.39 is 6.17 Å². The van der Waals surface area contributed by atoms with E-state index in [0.29, 0.717) is 45.6 Å². The summed E-state index contributed by atoms with van der Waals surface area (Å²) in [6, 6.07) is 10.1. The minimum atomic E-state index is -0.713. The van der Waals surface area contributed by atoms with Crippen LogP contribution < -0.4 is 0 Å². The molecule has 5 rings (SSSR count). The quantitative estimate of drug-likeness (QED) is 0.756. The van der Waals surface area contributed by atoms with Gasteiger partial charge in [0.2, 0.25) is 5.91 Å². The first-order valence-electron chi connectivity index (χ1n) is 9.90. The third-order valence-corrected chi connectivity index (χ3v) is 5.82. The lowest BCUT2D eigenvalue weighted by Gasteiger charge is -2.27. The van der Waals surface area contributed by atoms with Gasteiger partial charge in [-0.15, -0.1) is 0 Å². The van der Waals surface area contributed by atoms with E-state index in [4.69, 9.17) is 0 Å². The van der Waals surface area contributed by atoms with E-state index in [9.17, 15) is 9.18 Å². The summed E-state index contributed by atoms with van der Waals surface area (Å²) >= 11 is 0. The Morgan fingerprint density at radius 1 is 1.25 bits per heavy atom. The van der Waals surface area contributed by atoms with Crippen molar-refractivity contribution in [2.45, 2.75) is 38.6 Å². The van der Waals surface area contributed by atoms with Gasteiger partial charge in [-0.05, 0) is 24.1 Å². The van der Waals surface area contributed by atoms with E-state index in [1.54, 1.807) is 0 Å². The molecule has 1 N–H and O–H groups in total. The molecule has 3 aromatic rings. The molecule has 1 aromatic carbocycles. The van der Waals surface area contributed by atoms with Crippen LogP contribution in [0, 0.1) is 0 Å². The molecule has 2 aromatic heterocycles. The normalized spacial score (nSPS) is 20.0. The summed E-state index contributed by atoms with van der Waals surface area (Å²) in [5.74, 6) is 0.138. The van der Waals surface area contributed by atoms with Crippen LogP contribution in [0.4, 0.5) is 4.39 Å². The van der Waals surface area contributed by atoms with Crippen LogP contribution in [-0.4, -0.2) is 56.3 Å². The van der Waals surface area contributed by atoms with Crippen molar-refractivity contribution in [3.8, 4) is 0 Å². The Morgan fingerprint density at radius 2 is 2.14 bits per heavy atom. The highest BCUT2D eigenvalue weighted by atomic mass is 19.1. The predicted molar refractivity (Wildman–Crippen MR) is 104 cm³/mol. The topological polar surface area (TPSA) is 57.2 Å². The highest BCUT2D eigenvalue weighted by Crippen LogP contribution is 2.21. The van der Waals surface area contributed by atoms with Crippen molar-refractivity contribution in [1.82, 2.24) is 24.6 Å². The van der Waals surface area contributed by atoms with Gasteiger partial charge in [-0.25, -0.2) is 4.39 Å². The SMILES string of the molecule is O=C(Cc1c[nH]c2ccccc12)N1CCn2nc(CN3CC[C@H](F)C3)cc2C1. The number of benzene rings is 1. The number of para-hydroxylation sites is 1. The number of carbonyl (C=O) groups is 1. The van der Waals surface area contributed by atoms with Crippen molar-refractivity contribution >= 4 is 16.8 Å². The lowest BCUT2D eigenvalue weighted by atomic mass is 10.1. The van der Waals surface area contributed by atoms with Crippen LogP contribution in [0.25, 0.3) is 10.9 Å². The Hall–Kier alpha value is -2.67. The van der Waals surface area contributed by atoms with E-state index in [2.05, 4.69) is 21.0 Å². The standard InChI is InChI=1S/C21H24FN5O/c22-16-5-6-25(12-16)13-17-10-18-14-26(7-8-27(18)24-17)21(28)9-15-11-23-20-4-2-1-3-19(15)20/h1-4,10-11,16,23H,5-9,12-14H2/t16-/m0/s1. The molecule has 1 fully saturated rings. The monoisotopic (exact) mass is 381 g/mol. The van der Waals surface area contributed by atoms with Crippen molar-refractivity contribution in [1.29, 1.82) is 0 Å². The van der Waals surface area contributed by atoms with Crippen LogP contribution in [-0.2, 0) is 30.8 Å². The molecule has 0 saturated carbocycles. The van der Waals surface area contributed by atoms with E-state index in [-0.39, 0.29) is 5.91 Å². The van der Waals surface area contributed by atoms with Gasteiger partial charge in [0.25, 0.3) is 0 Å². The summed E-state index contributed by atoms with van der Waals surface area (Å²) in [7, 11) is 0. The molecule has 0 aliphatic carbocycles. The van der Waals surface area contributed by atoms with Crippen molar-refractivity contribution in [3.63, 3.8) is 0 Å². The van der Waals surface area contributed by atoms with Crippen LogP contribution in [0.1, 0.15) is 23.4 Å². The summed E-state index contributed by atoms with van der Waals surface area (Å²) in [6.07, 6.45) is 2.23. The summed E-state index contributed by atoms with van der Waals surface area (Å²) in [6.45, 7) is 3.94. The zero-order valence-corrected chi connectivity index (χ0v) is 15.8. The van der Waals surface area contributed by atoms with Crippen molar-refractivity contribution in [2.24, 2.45) is 0 Å². The number of fused-ring (bicyclic) bond motifs is 2. The van der Waals surface area contributed by atoms with Crippen LogP contribution in [0.2, 0.25) is 0 Å². The second kappa shape index (κ2) is 7.05. The van der Waals surface area contributed by atoms with E-state index in [0.717, 1.165) is 34.4 Å². The molecular weight excluding hydrogens is 357 g/mol. The average Bonchev–Trinajstić information content (AvgIpc) is 3.40. The van der Waals surface area contributed by atoms with Gasteiger partial charge in [-0.3, -0.25) is 14.4 Å². The van der Waals surface area contributed by atoms with E-state index >= 15 is 0 Å². The highest BCUT2D eigenvalue weighted by molar-refractivity contribution is 5.88. The Labute approximate surface area is 162 Å². The maximum Gasteiger partial charge on any atom is 0.227 e. The molecule has 6 nitrogen and oxygen atoms in total. The van der Waals surface area contributed by atoms with Gasteiger partial charge in [-0.1, -0.05) is 18.2 Å². The second-order valence-corrected chi connectivity index (χ2v) is 7.82. The van der Waals surface area contributed by atoms with Crippen molar-refractivity contribution in [2.75, 3.05) is 19.6 Å². The zero-order valence-electron chi connectivity index (χ0n) is 15.8. The zero-order chi connectivity index (χ0) is 19.1. The Morgan fingerprint density at radius 3 is 3.00 bits per heavy atom. The Balaban J connectivity index is 1.25. The first-order valence-corrected chi connectivity index (χ1v) is 9.90. The van der Waals surface area contributed by atoms with Crippen molar-refractivity contribution < 1.29 is 9.18 Å². The van der Waals surface area contributed by atoms with Crippen LogP contribution in [0.5, 0.6) is 0 Å². The number of carbonyl (C=O) groups excluding carboxylic acids is 1. The molecule has 0 spiro atoms. The third-order valence-electron chi connectivity index (χ3n) is 5.82. The van der Waals surface area contributed by atoms with Crippen LogP contribution >= 0.6 is 0 Å². The molecule has 0 bridgehead atoms. The van der Waals surface area contributed by atoms with Gasteiger partial charge in [0, 0.05) is 43.3 Å². The van der Waals surface area contributed by atoms with Crippen LogP contribution in [0.3, 0.4) is 0 Å². The number of likely N-dealkylation sites (tertiary alicyclic amines) is 1. The molecule has 2 aliphatic rings. The Kier molecular flexibility index (Phi) is 4.39. The summed E-state index contributed by atoms with van der Waals surface area (Å²) in [4.78, 5) is 20.1. The molecule has 1 saturated heterocycles. The fourth-order valence-corrected chi connectivity index (χ4v) is 4.33. The van der Waals surface area contributed by atoms with Gasteiger partial charge in [0.15, 0.2) is 0 Å². The number of hydrogen-bond acceptors (Lipinski definition) is 3.